The average Bonchev–Trinajstić information content (AvgIpc) is 2.92. The van der Waals surface area contributed by atoms with Gasteiger partial charge in [0.1, 0.15) is 34.5 Å². The summed E-state index contributed by atoms with van der Waals surface area (Å²) in [6, 6.07) is 4.72. The lowest BCUT2D eigenvalue weighted by atomic mass is 9.77. The van der Waals surface area contributed by atoms with Gasteiger partial charge in [-0.15, -0.1) is 0 Å². The fraction of sp³-hybridized carbons (Fsp3) is 0.355. The molecule has 3 nitrogen and oxygen atoms in total. The Morgan fingerprint density at radius 2 is 1.36 bits per heavy atom. The molecule has 1 aliphatic carbocycles. The van der Waals surface area contributed by atoms with Crippen molar-refractivity contribution in [3.8, 4) is 17.2 Å². The molecule has 1 fully saturated rings. The number of halogens is 10. The second kappa shape index (κ2) is 13.4. The van der Waals surface area contributed by atoms with Gasteiger partial charge in [-0.2, -0.15) is 26.3 Å². The first-order valence-electron chi connectivity index (χ1n) is 13.6. The maximum Gasteiger partial charge on any atom is 0.432 e. The largest absolute Gasteiger partial charge is 0.456 e. The Bertz CT molecular complexity index is 1470. The Balaban J connectivity index is 1.48. The van der Waals surface area contributed by atoms with E-state index in [9.17, 15) is 43.9 Å². The molecule has 3 aromatic rings. The number of ether oxygens (including phenoxy) is 3. The number of rotatable bonds is 11. The predicted molar refractivity (Wildman–Crippen MR) is 139 cm³/mol. The van der Waals surface area contributed by atoms with Crippen molar-refractivity contribution in [1.82, 2.24) is 0 Å². The van der Waals surface area contributed by atoms with Crippen molar-refractivity contribution < 1.29 is 58.1 Å². The van der Waals surface area contributed by atoms with E-state index in [-0.39, 0.29) is 30.4 Å². The molecule has 0 radical (unpaired) electrons. The molecule has 0 N–H and O–H groups in total. The van der Waals surface area contributed by atoms with Crippen LogP contribution in [0.1, 0.15) is 68.1 Å². The third kappa shape index (κ3) is 7.78. The highest BCUT2D eigenvalue weighted by Crippen LogP contribution is 2.42. The van der Waals surface area contributed by atoms with Crippen LogP contribution in [-0.4, -0.2) is 0 Å². The summed E-state index contributed by atoms with van der Waals surface area (Å²) in [6.45, 7) is 2.09. The van der Waals surface area contributed by atoms with Crippen molar-refractivity contribution in [3.63, 3.8) is 0 Å². The molecule has 1 aliphatic rings. The standard InChI is InChI=1S/C31H26F10O3/c1-2-3-17-4-6-18(7-5-17)19-8-10-22(23(32)12-19)30(38,39)44-21-14-25(34)29(26(35)15-21)31(40,41)43-20-9-11-27(24(33)13-20)42-16-28(36)37/h8-18H,2-7H2,1H3. The van der Waals surface area contributed by atoms with Crippen molar-refractivity contribution in [1.29, 1.82) is 0 Å². The van der Waals surface area contributed by atoms with Crippen molar-refractivity contribution in [2.24, 2.45) is 5.92 Å². The Morgan fingerprint density at radius 3 is 1.93 bits per heavy atom. The maximum atomic E-state index is 14.9. The highest BCUT2D eigenvalue weighted by Gasteiger charge is 2.43. The second-order valence-corrected chi connectivity index (χ2v) is 10.4. The smallest absolute Gasteiger partial charge is 0.432 e. The van der Waals surface area contributed by atoms with E-state index >= 15 is 0 Å². The molecule has 0 saturated heterocycles. The SMILES string of the molecule is CCCC1CCC(c2ccc(C(F)(F)Oc3cc(F)c(C(F)(F)Oc4ccc(OC=C(F)F)c(F)c4)c(F)c3)c(F)c2)CC1. The first-order valence-corrected chi connectivity index (χ1v) is 13.6. The number of hydrogen-bond donors (Lipinski definition) is 0. The summed E-state index contributed by atoms with van der Waals surface area (Å²) in [5, 5.41) is 0. The quantitative estimate of drug-likeness (QED) is 0.155. The van der Waals surface area contributed by atoms with Crippen molar-refractivity contribution >= 4 is 0 Å². The minimum absolute atomic E-state index is 0.00771. The van der Waals surface area contributed by atoms with E-state index in [2.05, 4.69) is 21.1 Å². The van der Waals surface area contributed by atoms with Crippen LogP contribution in [-0.2, 0) is 12.2 Å². The molecule has 44 heavy (non-hydrogen) atoms. The van der Waals surface area contributed by atoms with Crippen LogP contribution in [0, 0.1) is 29.2 Å². The Morgan fingerprint density at radius 1 is 0.750 bits per heavy atom. The van der Waals surface area contributed by atoms with Gasteiger partial charge in [0.05, 0.1) is 5.56 Å². The summed E-state index contributed by atoms with van der Waals surface area (Å²) in [7, 11) is 0. The van der Waals surface area contributed by atoms with E-state index in [0.29, 0.717) is 23.6 Å². The molecule has 0 aliphatic heterocycles. The van der Waals surface area contributed by atoms with Crippen LogP contribution in [0.5, 0.6) is 17.2 Å². The lowest BCUT2D eigenvalue weighted by Gasteiger charge is -2.29. The fourth-order valence-electron chi connectivity index (χ4n) is 5.25. The molecule has 0 heterocycles. The maximum absolute atomic E-state index is 14.9. The Labute approximate surface area is 246 Å². The predicted octanol–water partition coefficient (Wildman–Crippen LogP) is 10.7. The zero-order chi connectivity index (χ0) is 32.2. The first-order chi connectivity index (χ1) is 20.7. The normalized spacial score (nSPS) is 17.2. The van der Waals surface area contributed by atoms with Gasteiger partial charge >= 0.3 is 18.3 Å². The van der Waals surface area contributed by atoms with Crippen molar-refractivity contribution in [3.05, 3.63) is 101 Å². The molecule has 238 valence electrons. The van der Waals surface area contributed by atoms with Crippen LogP contribution in [0.3, 0.4) is 0 Å². The summed E-state index contributed by atoms with van der Waals surface area (Å²) < 4.78 is 154. The molecule has 0 amide bonds. The fourth-order valence-corrected chi connectivity index (χ4v) is 5.25. The molecule has 0 spiro atoms. The lowest BCUT2D eigenvalue weighted by Crippen LogP contribution is -2.26. The van der Waals surface area contributed by atoms with Crippen LogP contribution in [0.2, 0.25) is 0 Å². The monoisotopic (exact) mass is 636 g/mol. The Hall–Kier alpha value is -3.90. The molecule has 1 saturated carbocycles. The van der Waals surface area contributed by atoms with E-state index in [1.165, 1.54) is 6.07 Å². The zero-order valence-electron chi connectivity index (χ0n) is 23.1. The molecule has 0 unspecified atom stereocenters. The number of benzene rings is 3. The molecular formula is C31H26F10O3. The van der Waals surface area contributed by atoms with Gasteiger partial charge in [-0.3, -0.25) is 0 Å². The van der Waals surface area contributed by atoms with E-state index in [4.69, 9.17) is 0 Å². The van der Waals surface area contributed by atoms with Gasteiger partial charge in [0, 0.05) is 18.2 Å². The lowest BCUT2D eigenvalue weighted by molar-refractivity contribution is -0.191. The van der Waals surface area contributed by atoms with Crippen LogP contribution >= 0.6 is 0 Å². The highest BCUT2D eigenvalue weighted by atomic mass is 19.3. The minimum atomic E-state index is -4.81. The van der Waals surface area contributed by atoms with Crippen LogP contribution in [0.15, 0.2) is 60.9 Å². The third-order valence-electron chi connectivity index (χ3n) is 7.30. The number of hydrogen-bond acceptors (Lipinski definition) is 3. The van der Waals surface area contributed by atoms with Gasteiger partial charge in [0.15, 0.2) is 17.8 Å². The highest BCUT2D eigenvalue weighted by molar-refractivity contribution is 5.37. The van der Waals surface area contributed by atoms with Crippen LogP contribution in [0.25, 0.3) is 0 Å². The summed E-state index contributed by atoms with van der Waals surface area (Å²) in [4.78, 5) is 0. The van der Waals surface area contributed by atoms with Gasteiger partial charge in [0.2, 0.25) is 0 Å². The van der Waals surface area contributed by atoms with Gasteiger partial charge in [-0.05, 0) is 67.3 Å². The molecule has 0 aromatic heterocycles. The van der Waals surface area contributed by atoms with E-state index < -0.39 is 69.9 Å². The van der Waals surface area contributed by atoms with E-state index in [1.54, 1.807) is 0 Å². The minimum Gasteiger partial charge on any atom is -0.456 e. The van der Waals surface area contributed by atoms with Gasteiger partial charge in [0.25, 0.3) is 0 Å². The van der Waals surface area contributed by atoms with Crippen molar-refractivity contribution in [2.45, 2.75) is 63.6 Å². The molecule has 3 aromatic carbocycles. The van der Waals surface area contributed by atoms with Crippen molar-refractivity contribution in [2.75, 3.05) is 0 Å². The van der Waals surface area contributed by atoms with Crippen LogP contribution < -0.4 is 14.2 Å². The zero-order valence-corrected chi connectivity index (χ0v) is 23.1. The first kappa shape index (κ1) is 33.0. The molecular weight excluding hydrogens is 610 g/mol. The molecule has 0 bridgehead atoms. The second-order valence-electron chi connectivity index (χ2n) is 10.4. The molecule has 0 atom stereocenters. The number of alkyl halides is 4. The van der Waals surface area contributed by atoms with Gasteiger partial charge < -0.3 is 14.2 Å². The van der Waals surface area contributed by atoms with Gasteiger partial charge in [-0.1, -0.05) is 25.8 Å². The average molecular weight is 637 g/mol. The summed E-state index contributed by atoms with van der Waals surface area (Å²) in [6.07, 6.45) is -6.09. The summed E-state index contributed by atoms with van der Waals surface area (Å²) in [5.74, 6) is -9.32. The summed E-state index contributed by atoms with van der Waals surface area (Å²) >= 11 is 0. The molecule has 13 heteroatoms. The third-order valence-corrected chi connectivity index (χ3v) is 7.30. The van der Waals surface area contributed by atoms with E-state index in [0.717, 1.165) is 50.7 Å². The molecule has 4 rings (SSSR count). The van der Waals surface area contributed by atoms with E-state index in [1.807, 2.05) is 0 Å². The Kier molecular flexibility index (Phi) is 10.0. The van der Waals surface area contributed by atoms with Crippen LogP contribution in [0.4, 0.5) is 43.9 Å². The topological polar surface area (TPSA) is 27.7 Å². The van der Waals surface area contributed by atoms with Gasteiger partial charge in [-0.25, -0.2) is 17.6 Å². The summed E-state index contributed by atoms with van der Waals surface area (Å²) in [5.41, 5.74) is -2.72.